The zero-order valence-corrected chi connectivity index (χ0v) is 10.9. The van der Waals surface area contributed by atoms with Gasteiger partial charge >= 0.3 is 0 Å². The molecule has 0 aromatic carbocycles. The van der Waals surface area contributed by atoms with Gasteiger partial charge < -0.3 is 10.2 Å². The fourth-order valence-electron chi connectivity index (χ4n) is 2.16. The lowest BCUT2D eigenvalue weighted by molar-refractivity contribution is -0.119. The van der Waals surface area contributed by atoms with Gasteiger partial charge in [-0.3, -0.25) is 4.79 Å². The van der Waals surface area contributed by atoms with E-state index < -0.39 is 5.82 Å². The molecule has 1 aliphatic heterocycles. The number of hydrogen-bond donors (Lipinski definition) is 1. The number of nitrogens with one attached hydrogen (secondary N) is 1. The van der Waals surface area contributed by atoms with Gasteiger partial charge in [0.15, 0.2) is 11.6 Å². The van der Waals surface area contributed by atoms with Crippen LogP contribution in [0.2, 0.25) is 5.02 Å². The Kier molecular flexibility index (Phi) is 4.01. The average Bonchev–Trinajstić information content (AvgIpc) is 2.30. The quantitative estimate of drug-likeness (QED) is 0.895. The largest absolute Gasteiger partial charge is 0.354 e. The predicted molar refractivity (Wildman–Crippen MR) is 68.3 cm³/mol. The van der Waals surface area contributed by atoms with E-state index in [-0.39, 0.29) is 11.9 Å². The molecule has 1 aromatic heterocycles. The van der Waals surface area contributed by atoms with Gasteiger partial charge in [0.05, 0.1) is 5.02 Å². The van der Waals surface area contributed by atoms with Crippen molar-refractivity contribution in [3.8, 4) is 0 Å². The van der Waals surface area contributed by atoms with Crippen molar-refractivity contribution >= 4 is 23.3 Å². The number of carbonyl (C=O) groups is 1. The maximum atomic E-state index is 13.7. The van der Waals surface area contributed by atoms with E-state index in [1.807, 2.05) is 4.90 Å². The molecule has 1 saturated heterocycles. The molecular formula is C12H15ClFN3O. The molecule has 0 saturated carbocycles. The molecule has 1 aromatic rings. The van der Waals surface area contributed by atoms with E-state index >= 15 is 0 Å². The number of anilines is 1. The van der Waals surface area contributed by atoms with Gasteiger partial charge in [-0.25, -0.2) is 9.37 Å². The Balaban J connectivity index is 1.99. The minimum Gasteiger partial charge on any atom is -0.354 e. The highest BCUT2D eigenvalue weighted by Crippen LogP contribution is 2.23. The number of amides is 1. The maximum Gasteiger partial charge on any atom is 0.217 e. The zero-order chi connectivity index (χ0) is 13.1. The fraction of sp³-hybridized carbons (Fsp3) is 0.500. The summed E-state index contributed by atoms with van der Waals surface area (Å²) in [5, 5.41) is 3.17. The summed E-state index contributed by atoms with van der Waals surface area (Å²) in [6, 6.07) is 1.44. The van der Waals surface area contributed by atoms with Crippen LogP contribution in [0.5, 0.6) is 0 Å². The van der Waals surface area contributed by atoms with Crippen LogP contribution in [0.1, 0.15) is 19.8 Å². The lowest BCUT2D eigenvalue weighted by atomic mass is 10.1. The van der Waals surface area contributed by atoms with E-state index in [4.69, 9.17) is 11.6 Å². The summed E-state index contributed by atoms with van der Waals surface area (Å²) in [5.74, 6) is -0.0922. The van der Waals surface area contributed by atoms with Crippen molar-refractivity contribution in [2.45, 2.75) is 25.8 Å². The topological polar surface area (TPSA) is 45.2 Å². The molecule has 2 heterocycles. The number of pyridine rings is 1. The van der Waals surface area contributed by atoms with Crippen LogP contribution in [0.25, 0.3) is 0 Å². The highest BCUT2D eigenvalue weighted by atomic mass is 35.5. The third-order valence-corrected chi connectivity index (χ3v) is 3.20. The molecule has 4 nitrogen and oxygen atoms in total. The monoisotopic (exact) mass is 271 g/mol. The Bertz CT molecular complexity index is 447. The summed E-state index contributed by atoms with van der Waals surface area (Å²) in [5.41, 5.74) is 0. The molecule has 0 unspecified atom stereocenters. The lowest BCUT2D eigenvalue weighted by Gasteiger charge is -2.33. The van der Waals surface area contributed by atoms with Crippen molar-refractivity contribution in [3.63, 3.8) is 0 Å². The summed E-state index contributed by atoms with van der Waals surface area (Å²) in [6.07, 6.45) is 3.03. The second-order valence-electron chi connectivity index (χ2n) is 4.42. The summed E-state index contributed by atoms with van der Waals surface area (Å²) >= 11 is 5.67. The summed E-state index contributed by atoms with van der Waals surface area (Å²) in [7, 11) is 0. The van der Waals surface area contributed by atoms with Gasteiger partial charge in [-0.15, -0.1) is 0 Å². The first-order valence-corrected chi connectivity index (χ1v) is 6.27. The van der Waals surface area contributed by atoms with Crippen molar-refractivity contribution < 1.29 is 9.18 Å². The lowest BCUT2D eigenvalue weighted by Crippen LogP contribution is -2.44. The van der Waals surface area contributed by atoms with Crippen LogP contribution in [0.4, 0.5) is 10.2 Å². The van der Waals surface area contributed by atoms with Crippen LogP contribution in [0.3, 0.4) is 0 Å². The highest BCUT2D eigenvalue weighted by Gasteiger charge is 2.22. The highest BCUT2D eigenvalue weighted by molar-refractivity contribution is 6.30. The van der Waals surface area contributed by atoms with Gasteiger partial charge in [-0.2, -0.15) is 0 Å². The molecule has 0 atom stereocenters. The minimum atomic E-state index is -0.402. The Morgan fingerprint density at radius 3 is 2.78 bits per heavy atom. The van der Waals surface area contributed by atoms with Gasteiger partial charge in [0.2, 0.25) is 5.91 Å². The first kappa shape index (κ1) is 13.1. The second-order valence-corrected chi connectivity index (χ2v) is 4.86. The van der Waals surface area contributed by atoms with E-state index in [0.29, 0.717) is 23.9 Å². The van der Waals surface area contributed by atoms with Crippen molar-refractivity contribution in [2.75, 3.05) is 18.0 Å². The molecule has 0 spiro atoms. The van der Waals surface area contributed by atoms with Gasteiger partial charge in [0, 0.05) is 32.3 Å². The van der Waals surface area contributed by atoms with Gasteiger partial charge in [-0.1, -0.05) is 11.6 Å². The van der Waals surface area contributed by atoms with Gasteiger partial charge in [0.25, 0.3) is 0 Å². The number of piperidine rings is 1. The van der Waals surface area contributed by atoms with Crippen molar-refractivity contribution in [1.29, 1.82) is 0 Å². The van der Waals surface area contributed by atoms with E-state index in [0.717, 1.165) is 12.8 Å². The minimum absolute atomic E-state index is 0.0238. The molecule has 6 heteroatoms. The first-order chi connectivity index (χ1) is 8.56. The number of nitrogens with zero attached hydrogens (tertiary/aromatic N) is 2. The van der Waals surface area contributed by atoms with Crippen LogP contribution < -0.4 is 10.2 Å². The van der Waals surface area contributed by atoms with Crippen LogP contribution in [0, 0.1) is 5.82 Å². The standard InChI is InChI=1S/C12H15ClFN3O/c1-8(18)16-10-2-4-17(5-3-10)12-11(14)6-9(13)7-15-12/h6-7,10H,2-5H2,1H3,(H,16,18). The molecule has 0 radical (unpaired) electrons. The van der Waals surface area contributed by atoms with E-state index in [9.17, 15) is 9.18 Å². The number of hydrogen-bond acceptors (Lipinski definition) is 3. The SMILES string of the molecule is CC(=O)NC1CCN(c2ncc(Cl)cc2F)CC1. The molecule has 2 rings (SSSR count). The number of halogens is 2. The Morgan fingerprint density at radius 2 is 2.22 bits per heavy atom. The average molecular weight is 272 g/mol. The van der Waals surface area contributed by atoms with Crippen molar-refractivity contribution in [3.05, 3.63) is 23.1 Å². The van der Waals surface area contributed by atoms with E-state index in [1.54, 1.807) is 0 Å². The first-order valence-electron chi connectivity index (χ1n) is 5.89. The fourth-order valence-corrected chi connectivity index (χ4v) is 2.31. The molecule has 0 aliphatic carbocycles. The van der Waals surface area contributed by atoms with Crippen molar-refractivity contribution in [2.24, 2.45) is 0 Å². The van der Waals surface area contributed by atoms with Crippen LogP contribution >= 0.6 is 11.6 Å². The molecular weight excluding hydrogens is 257 g/mol. The van der Waals surface area contributed by atoms with Gasteiger partial charge in [0.1, 0.15) is 0 Å². The van der Waals surface area contributed by atoms with E-state index in [1.165, 1.54) is 19.2 Å². The number of carbonyl (C=O) groups excluding carboxylic acids is 1. The van der Waals surface area contributed by atoms with E-state index in [2.05, 4.69) is 10.3 Å². The summed E-state index contributed by atoms with van der Waals surface area (Å²) in [6.45, 7) is 2.86. The molecule has 18 heavy (non-hydrogen) atoms. The molecule has 1 aliphatic rings. The van der Waals surface area contributed by atoms with Crippen LogP contribution in [-0.4, -0.2) is 30.0 Å². The molecule has 0 bridgehead atoms. The molecule has 98 valence electrons. The number of rotatable bonds is 2. The zero-order valence-electron chi connectivity index (χ0n) is 10.1. The molecule has 1 fully saturated rings. The third-order valence-electron chi connectivity index (χ3n) is 2.99. The molecule has 1 N–H and O–H groups in total. The van der Waals surface area contributed by atoms with Crippen molar-refractivity contribution in [1.82, 2.24) is 10.3 Å². The Morgan fingerprint density at radius 1 is 1.56 bits per heavy atom. The van der Waals surface area contributed by atoms with Crippen LogP contribution in [-0.2, 0) is 4.79 Å². The smallest absolute Gasteiger partial charge is 0.217 e. The molecule has 1 amide bonds. The number of aromatic nitrogens is 1. The predicted octanol–water partition coefficient (Wildman–Crippen LogP) is 1.98. The van der Waals surface area contributed by atoms with Crippen LogP contribution in [0.15, 0.2) is 12.3 Å². The maximum absolute atomic E-state index is 13.7. The third kappa shape index (κ3) is 3.10. The normalized spacial score (nSPS) is 16.7. The summed E-state index contributed by atoms with van der Waals surface area (Å²) < 4.78 is 13.7. The Labute approximate surface area is 110 Å². The van der Waals surface area contributed by atoms with Gasteiger partial charge in [-0.05, 0) is 18.9 Å². The second kappa shape index (κ2) is 5.52. The Hall–Kier alpha value is -1.36. The summed E-state index contributed by atoms with van der Waals surface area (Å²) in [4.78, 5) is 16.8.